The second-order valence-corrected chi connectivity index (χ2v) is 3.53. The Morgan fingerprint density at radius 2 is 2.60 bits per heavy atom. The minimum atomic E-state index is -0.332. The van der Waals surface area contributed by atoms with Gasteiger partial charge >= 0.3 is 0 Å². The van der Waals surface area contributed by atoms with Gasteiger partial charge in [-0.25, -0.2) is 0 Å². The van der Waals surface area contributed by atoms with Crippen LogP contribution in [0.25, 0.3) is 0 Å². The average Bonchev–Trinajstić information content (AvgIpc) is 1.41. The Morgan fingerprint density at radius 3 is 2.60 bits per heavy atom. The molecule has 0 amide bonds. The molecule has 0 aliphatic carbocycles. The van der Waals surface area contributed by atoms with Gasteiger partial charge < -0.3 is 4.55 Å². The molecule has 0 aromatic carbocycles. The fourth-order valence-corrected chi connectivity index (χ4v) is 0.474. The van der Waals surface area contributed by atoms with E-state index < -0.39 is 0 Å². The molecule has 0 aromatic heterocycles. The van der Waals surface area contributed by atoms with Crippen molar-refractivity contribution in [3.63, 3.8) is 0 Å². The van der Waals surface area contributed by atoms with Crippen molar-refractivity contribution in [3.8, 4) is 0 Å². The first-order valence-electron chi connectivity index (χ1n) is 1.29. The minimum Gasteiger partial charge on any atom is -0.337 e. The van der Waals surface area contributed by atoms with Crippen molar-refractivity contribution in [2.45, 2.75) is 0 Å². The van der Waals surface area contributed by atoms with E-state index in [0.29, 0.717) is 0 Å². The van der Waals surface area contributed by atoms with Gasteiger partial charge in [-0.05, 0) is 11.5 Å². The van der Waals surface area contributed by atoms with E-state index in [1.807, 2.05) is 0 Å². The van der Waals surface area contributed by atoms with Crippen molar-refractivity contribution in [3.05, 3.63) is 12.3 Å². The summed E-state index contributed by atoms with van der Waals surface area (Å²) in [5.41, 5.74) is 1.78. The molecule has 0 aromatic rings. The van der Waals surface area contributed by atoms with Gasteiger partial charge in [-0.3, -0.25) is 0 Å². The monoisotopic (exact) mass is 106 g/mol. The Morgan fingerprint density at radius 1 is 2.00 bits per heavy atom. The molecular formula is C2H6OSSi. The maximum atomic E-state index is 7.97. The fourth-order valence-electron chi connectivity index (χ4n) is 0.0527. The van der Waals surface area contributed by atoms with Crippen LogP contribution in [0.15, 0.2) is 12.3 Å². The second-order valence-electron chi connectivity index (χ2n) is 0.584. The van der Waals surface area contributed by atoms with Crippen molar-refractivity contribution in [1.29, 1.82) is 0 Å². The van der Waals surface area contributed by atoms with Gasteiger partial charge in [0.2, 0.25) is 0 Å². The van der Waals surface area contributed by atoms with Gasteiger partial charge in [0, 0.05) is 0 Å². The molecule has 0 fully saturated rings. The first-order valence-corrected chi connectivity index (χ1v) is 4.78. The molecule has 1 N–H and O–H groups in total. The molecular weight excluding hydrogens is 100 g/mol. The zero-order valence-electron chi connectivity index (χ0n) is 2.85. The number of hydrogen-bond donors (Lipinski definition) is 1. The van der Waals surface area contributed by atoms with E-state index in [0.717, 1.165) is 11.5 Å². The van der Waals surface area contributed by atoms with Crippen molar-refractivity contribution < 1.29 is 4.55 Å². The molecule has 0 aliphatic heterocycles. The van der Waals surface area contributed by atoms with Crippen LogP contribution in [-0.2, 0) is 0 Å². The van der Waals surface area contributed by atoms with Gasteiger partial charge in [0.05, 0.1) is 0 Å². The van der Waals surface area contributed by atoms with Gasteiger partial charge in [-0.15, -0.1) is 6.58 Å². The molecule has 5 heavy (non-hydrogen) atoms. The minimum absolute atomic E-state index is 0.332. The smallest absolute Gasteiger partial charge is 0.144 e. The maximum absolute atomic E-state index is 7.97. The van der Waals surface area contributed by atoms with E-state index >= 15 is 0 Å². The maximum Gasteiger partial charge on any atom is 0.144 e. The van der Waals surface area contributed by atoms with E-state index in [1.165, 1.54) is 0 Å². The lowest BCUT2D eigenvalue weighted by Crippen LogP contribution is -1.66. The highest BCUT2D eigenvalue weighted by molar-refractivity contribution is 8.18. The highest BCUT2D eigenvalue weighted by Gasteiger charge is 1.66. The summed E-state index contributed by atoms with van der Waals surface area (Å²) in [6, 6.07) is 0. The summed E-state index contributed by atoms with van der Waals surface area (Å²) in [4.78, 5) is 0. The Bertz CT molecular complexity index is 30.8. The van der Waals surface area contributed by atoms with E-state index in [4.69, 9.17) is 4.55 Å². The molecule has 0 rings (SSSR count). The molecule has 0 atom stereocenters. The summed E-state index contributed by atoms with van der Waals surface area (Å²) in [7, 11) is -0.332. The van der Waals surface area contributed by atoms with E-state index in [-0.39, 0.29) is 8.67 Å². The molecule has 0 saturated heterocycles. The predicted octanol–water partition coefficient (Wildman–Crippen LogP) is 0.420. The molecule has 0 radical (unpaired) electrons. The van der Waals surface area contributed by atoms with Crippen LogP contribution in [0, 0.1) is 0 Å². The Hall–Kier alpha value is 0.267. The van der Waals surface area contributed by atoms with Crippen molar-refractivity contribution in [1.82, 2.24) is 0 Å². The van der Waals surface area contributed by atoms with Gasteiger partial charge in [0.1, 0.15) is 8.67 Å². The van der Waals surface area contributed by atoms with Gasteiger partial charge in [0.25, 0.3) is 0 Å². The lowest BCUT2D eigenvalue weighted by molar-refractivity contribution is 0.675. The van der Waals surface area contributed by atoms with Crippen LogP contribution in [0.5, 0.6) is 0 Å². The fraction of sp³-hybridized carbons (Fsp3) is 0. The predicted molar refractivity (Wildman–Crippen MR) is 29.0 cm³/mol. The molecule has 30 valence electrons. The summed E-state index contributed by atoms with van der Waals surface area (Å²) in [5.74, 6) is 0. The molecule has 0 saturated carbocycles. The first-order chi connectivity index (χ1) is 2.41. The largest absolute Gasteiger partial charge is 0.337 e. The topological polar surface area (TPSA) is 20.2 Å². The van der Waals surface area contributed by atoms with Crippen LogP contribution < -0.4 is 0 Å². The summed E-state index contributed by atoms with van der Waals surface area (Å²) < 4.78 is 7.97. The van der Waals surface area contributed by atoms with E-state index in [9.17, 15) is 0 Å². The molecule has 1 nitrogen and oxygen atoms in total. The zero-order chi connectivity index (χ0) is 4.12. The molecule has 0 spiro atoms. The highest BCUT2D eigenvalue weighted by atomic mass is 32.4. The lowest BCUT2D eigenvalue weighted by Gasteiger charge is -1.71. The molecule has 0 aliphatic rings. The standard InChI is InChI=1S/C2H6OSSi/c1-2-5-4-3/h2-3H,1,5H2. The SMILES string of the molecule is C=C[SiH2]SO. The average molecular weight is 106 g/mol. The normalized spacial score (nSPS) is 9.80. The van der Waals surface area contributed by atoms with Gasteiger partial charge in [-0.2, -0.15) is 0 Å². The van der Waals surface area contributed by atoms with Gasteiger partial charge in [-0.1, -0.05) is 5.70 Å². The van der Waals surface area contributed by atoms with E-state index in [2.05, 4.69) is 6.58 Å². The zero-order valence-corrected chi connectivity index (χ0v) is 5.08. The summed E-state index contributed by atoms with van der Waals surface area (Å²) in [6.45, 7) is 3.43. The first kappa shape index (κ1) is 5.27. The molecule has 0 heterocycles. The van der Waals surface area contributed by atoms with Crippen LogP contribution in [0.3, 0.4) is 0 Å². The molecule has 3 heteroatoms. The van der Waals surface area contributed by atoms with E-state index in [1.54, 1.807) is 5.70 Å². The second kappa shape index (κ2) is 4.27. The third-order valence-corrected chi connectivity index (χ3v) is 1.73. The molecule has 0 unspecified atom stereocenters. The molecule has 0 bridgehead atoms. The van der Waals surface area contributed by atoms with Crippen LogP contribution >= 0.6 is 11.5 Å². The lowest BCUT2D eigenvalue weighted by atomic mass is 11.3. The van der Waals surface area contributed by atoms with Crippen LogP contribution in [0.4, 0.5) is 0 Å². The third-order valence-electron chi connectivity index (χ3n) is 0.192. The van der Waals surface area contributed by atoms with Crippen molar-refractivity contribution >= 4 is 20.2 Å². The Labute approximate surface area is 37.8 Å². The number of hydrogen-bond acceptors (Lipinski definition) is 2. The van der Waals surface area contributed by atoms with Crippen molar-refractivity contribution in [2.24, 2.45) is 0 Å². The van der Waals surface area contributed by atoms with Crippen LogP contribution in [-0.4, -0.2) is 13.2 Å². The van der Waals surface area contributed by atoms with Crippen LogP contribution in [0.1, 0.15) is 0 Å². The summed E-state index contributed by atoms with van der Waals surface area (Å²) >= 11 is 0.922. The summed E-state index contributed by atoms with van der Waals surface area (Å²) in [6.07, 6.45) is 0. The highest BCUT2D eigenvalue weighted by Crippen LogP contribution is 1.81. The third kappa shape index (κ3) is 4.27. The number of rotatable bonds is 2. The van der Waals surface area contributed by atoms with Crippen LogP contribution in [0.2, 0.25) is 0 Å². The van der Waals surface area contributed by atoms with Gasteiger partial charge in [0.15, 0.2) is 0 Å². The quantitative estimate of drug-likeness (QED) is 0.406. The Kier molecular flexibility index (Phi) is 4.49. The van der Waals surface area contributed by atoms with Crippen molar-refractivity contribution in [2.75, 3.05) is 0 Å². The summed E-state index contributed by atoms with van der Waals surface area (Å²) in [5, 5.41) is 0. The Balaban J connectivity index is 2.40.